The third-order valence-electron chi connectivity index (χ3n) is 2.89. The van der Waals surface area contributed by atoms with Crippen LogP contribution in [0.1, 0.15) is 39.5 Å². The molecule has 0 aliphatic rings. The maximum Gasteiger partial charge on any atom is 0.303 e. The van der Waals surface area contributed by atoms with Crippen LogP contribution in [0.3, 0.4) is 0 Å². The van der Waals surface area contributed by atoms with E-state index in [1.165, 1.54) is 0 Å². The van der Waals surface area contributed by atoms with Crippen molar-refractivity contribution < 1.29 is 14.6 Å². The number of carboxylic acids is 1. The molecule has 0 aliphatic carbocycles. The van der Waals surface area contributed by atoms with Gasteiger partial charge in [0.15, 0.2) is 0 Å². The van der Waals surface area contributed by atoms with Crippen molar-refractivity contribution in [2.75, 3.05) is 11.9 Å². The number of aliphatic carboxylic acids is 1. The Labute approximate surface area is 114 Å². The number of unbranched alkanes of at least 4 members (excludes halogenated alkanes) is 1. The van der Waals surface area contributed by atoms with E-state index in [2.05, 4.69) is 12.2 Å². The number of ether oxygens (including phenoxy) is 1. The van der Waals surface area contributed by atoms with Crippen molar-refractivity contribution in [2.24, 2.45) is 0 Å². The van der Waals surface area contributed by atoms with Crippen LogP contribution >= 0.6 is 0 Å². The fraction of sp³-hybridized carbons (Fsp3) is 0.533. The van der Waals surface area contributed by atoms with Crippen LogP contribution in [0.5, 0.6) is 5.75 Å². The Hall–Kier alpha value is -1.71. The molecule has 0 aliphatic heterocycles. The van der Waals surface area contributed by atoms with Crippen LogP contribution in [0.4, 0.5) is 5.69 Å². The predicted octanol–water partition coefficient (Wildman–Crippen LogP) is 3.53. The first kappa shape index (κ1) is 15.3. The van der Waals surface area contributed by atoms with Crippen LogP contribution in [-0.4, -0.2) is 23.7 Å². The Morgan fingerprint density at radius 2 is 2.21 bits per heavy atom. The van der Waals surface area contributed by atoms with E-state index in [-0.39, 0.29) is 12.5 Å². The van der Waals surface area contributed by atoms with E-state index in [1.807, 2.05) is 31.2 Å². The van der Waals surface area contributed by atoms with E-state index in [4.69, 9.17) is 9.84 Å². The molecule has 1 aromatic carbocycles. The van der Waals surface area contributed by atoms with Crippen LogP contribution < -0.4 is 10.1 Å². The molecule has 0 spiro atoms. The van der Waals surface area contributed by atoms with Gasteiger partial charge < -0.3 is 15.2 Å². The summed E-state index contributed by atoms with van der Waals surface area (Å²) < 4.78 is 5.75. The smallest absolute Gasteiger partial charge is 0.303 e. The zero-order valence-corrected chi connectivity index (χ0v) is 11.7. The lowest BCUT2D eigenvalue weighted by molar-refractivity contribution is -0.137. The molecule has 1 aromatic rings. The van der Waals surface area contributed by atoms with Gasteiger partial charge in [0.2, 0.25) is 0 Å². The van der Waals surface area contributed by atoms with Gasteiger partial charge in [0.25, 0.3) is 0 Å². The number of nitrogens with one attached hydrogen (secondary N) is 1. The fourth-order valence-corrected chi connectivity index (χ4v) is 1.63. The molecule has 0 heterocycles. The van der Waals surface area contributed by atoms with E-state index in [9.17, 15) is 4.79 Å². The number of anilines is 1. The number of benzene rings is 1. The number of hydrogen-bond acceptors (Lipinski definition) is 3. The highest BCUT2D eigenvalue weighted by Crippen LogP contribution is 2.19. The van der Waals surface area contributed by atoms with Crippen LogP contribution in [0.2, 0.25) is 0 Å². The average molecular weight is 265 g/mol. The highest BCUT2D eigenvalue weighted by molar-refractivity contribution is 5.66. The maximum atomic E-state index is 10.4. The number of carbonyl (C=O) groups is 1. The minimum absolute atomic E-state index is 0.214. The third kappa shape index (κ3) is 6.70. The molecule has 1 rings (SSSR count). The van der Waals surface area contributed by atoms with E-state index >= 15 is 0 Å². The number of hydrogen-bond donors (Lipinski definition) is 2. The minimum Gasteiger partial charge on any atom is -0.491 e. The van der Waals surface area contributed by atoms with Crippen LogP contribution in [0, 0.1) is 0 Å². The van der Waals surface area contributed by atoms with Gasteiger partial charge in [-0.05, 0) is 38.3 Å². The van der Waals surface area contributed by atoms with Gasteiger partial charge in [-0.2, -0.15) is 0 Å². The molecule has 4 nitrogen and oxygen atoms in total. The lowest BCUT2D eigenvalue weighted by Gasteiger charge is -2.14. The SMILES string of the molecule is CCC(C)Oc1cccc(NCCCCC(=O)O)c1. The van der Waals surface area contributed by atoms with Crippen molar-refractivity contribution in [2.45, 2.75) is 45.6 Å². The van der Waals surface area contributed by atoms with Crippen molar-refractivity contribution in [3.63, 3.8) is 0 Å². The van der Waals surface area contributed by atoms with Crippen molar-refractivity contribution >= 4 is 11.7 Å². The Morgan fingerprint density at radius 3 is 2.89 bits per heavy atom. The van der Waals surface area contributed by atoms with Gasteiger partial charge in [-0.3, -0.25) is 4.79 Å². The summed E-state index contributed by atoms with van der Waals surface area (Å²) in [5.41, 5.74) is 1.01. The van der Waals surface area contributed by atoms with Crippen molar-refractivity contribution in [3.8, 4) is 5.75 Å². The molecule has 0 amide bonds. The summed E-state index contributed by atoms with van der Waals surface area (Å²) in [4.78, 5) is 10.4. The third-order valence-corrected chi connectivity index (χ3v) is 2.89. The second kappa shape index (κ2) is 8.40. The van der Waals surface area contributed by atoms with Gasteiger partial charge in [0.1, 0.15) is 5.75 Å². The van der Waals surface area contributed by atoms with Crippen molar-refractivity contribution in [1.82, 2.24) is 0 Å². The molecular weight excluding hydrogens is 242 g/mol. The van der Waals surface area contributed by atoms with Crippen LogP contribution in [0.15, 0.2) is 24.3 Å². The Bertz CT molecular complexity index is 393. The van der Waals surface area contributed by atoms with Gasteiger partial charge in [-0.1, -0.05) is 13.0 Å². The average Bonchev–Trinajstić information content (AvgIpc) is 2.38. The van der Waals surface area contributed by atoms with Gasteiger partial charge in [0.05, 0.1) is 6.10 Å². The van der Waals surface area contributed by atoms with Crippen molar-refractivity contribution in [1.29, 1.82) is 0 Å². The standard InChI is InChI=1S/C15H23NO3/c1-3-12(2)19-14-8-6-7-13(11-14)16-10-5-4-9-15(17)18/h6-8,11-12,16H,3-5,9-10H2,1-2H3,(H,17,18). The lowest BCUT2D eigenvalue weighted by Crippen LogP contribution is -2.10. The molecule has 0 aromatic heterocycles. The van der Waals surface area contributed by atoms with E-state index in [1.54, 1.807) is 0 Å². The molecule has 106 valence electrons. The molecule has 0 saturated carbocycles. The lowest BCUT2D eigenvalue weighted by atomic mass is 10.2. The molecule has 0 radical (unpaired) electrons. The van der Waals surface area contributed by atoms with Crippen molar-refractivity contribution in [3.05, 3.63) is 24.3 Å². The normalized spacial score (nSPS) is 11.9. The first-order valence-corrected chi connectivity index (χ1v) is 6.84. The molecule has 2 N–H and O–H groups in total. The monoisotopic (exact) mass is 265 g/mol. The van der Waals surface area contributed by atoms with E-state index in [0.717, 1.165) is 30.8 Å². The second-order valence-electron chi connectivity index (χ2n) is 4.64. The summed E-state index contributed by atoms with van der Waals surface area (Å²) in [5, 5.41) is 11.8. The van der Waals surface area contributed by atoms with Gasteiger partial charge >= 0.3 is 5.97 Å². The zero-order valence-electron chi connectivity index (χ0n) is 11.7. The predicted molar refractivity (Wildman–Crippen MR) is 76.8 cm³/mol. The molecule has 0 bridgehead atoms. The highest BCUT2D eigenvalue weighted by Gasteiger charge is 2.02. The minimum atomic E-state index is -0.732. The molecule has 1 unspecified atom stereocenters. The second-order valence-corrected chi connectivity index (χ2v) is 4.64. The van der Waals surface area contributed by atoms with Gasteiger partial charge in [0, 0.05) is 24.7 Å². The highest BCUT2D eigenvalue weighted by atomic mass is 16.5. The van der Waals surface area contributed by atoms with Gasteiger partial charge in [-0.15, -0.1) is 0 Å². The van der Waals surface area contributed by atoms with E-state index < -0.39 is 5.97 Å². The zero-order chi connectivity index (χ0) is 14.1. The molecule has 4 heteroatoms. The topological polar surface area (TPSA) is 58.6 Å². The maximum absolute atomic E-state index is 10.4. The Morgan fingerprint density at radius 1 is 1.42 bits per heavy atom. The molecule has 1 atom stereocenters. The van der Waals surface area contributed by atoms with E-state index in [0.29, 0.717) is 6.42 Å². The van der Waals surface area contributed by atoms with Gasteiger partial charge in [-0.25, -0.2) is 0 Å². The summed E-state index contributed by atoms with van der Waals surface area (Å²) >= 11 is 0. The Balaban J connectivity index is 2.33. The first-order chi connectivity index (χ1) is 9.11. The number of carboxylic acid groups (broad SMARTS) is 1. The first-order valence-electron chi connectivity index (χ1n) is 6.84. The Kier molecular flexibility index (Phi) is 6.79. The fourth-order valence-electron chi connectivity index (χ4n) is 1.63. The molecular formula is C15H23NO3. The summed E-state index contributed by atoms with van der Waals surface area (Å²) in [6.45, 7) is 4.92. The van der Waals surface area contributed by atoms with Crippen LogP contribution in [-0.2, 0) is 4.79 Å². The summed E-state index contributed by atoms with van der Waals surface area (Å²) in [6.07, 6.45) is 2.98. The molecule has 19 heavy (non-hydrogen) atoms. The summed E-state index contributed by atoms with van der Waals surface area (Å²) in [6, 6.07) is 7.86. The largest absolute Gasteiger partial charge is 0.491 e. The van der Waals surface area contributed by atoms with Crippen LogP contribution in [0.25, 0.3) is 0 Å². The summed E-state index contributed by atoms with van der Waals surface area (Å²) in [5.74, 6) is 0.133. The quantitative estimate of drug-likeness (QED) is 0.671. The number of rotatable bonds is 9. The summed E-state index contributed by atoms with van der Waals surface area (Å²) in [7, 11) is 0. The molecule has 0 saturated heterocycles. The molecule has 0 fully saturated rings.